The molecule has 1 N–H and O–H groups in total. The minimum Gasteiger partial charge on any atom is -0.377 e. The van der Waals surface area contributed by atoms with Crippen molar-refractivity contribution in [2.24, 2.45) is 0 Å². The van der Waals surface area contributed by atoms with E-state index in [-0.39, 0.29) is 0 Å². The van der Waals surface area contributed by atoms with Gasteiger partial charge < -0.3 is 5.32 Å². The molecule has 0 aliphatic heterocycles. The summed E-state index contributed by atoms with van der Waals surface area (Å²) in [6, 6.07) is 0.948. The number of rotatable bonds is 3. The Hall–Kier alpha value is -1.33. The van der Waals surface area contributed by atoms with E-state index in [1.807, 2.05) is 5.32 Å². The van der Waals surface area contributed by atoms with E-state index in [9.17, 15) is 22.0 Å². The topological polar surface area (TPSA) is 12.0 Å². The molecule has 6 heteroatoms. The molecule has 0 saturated heterocycles. The SMILES string of the molecule is Fc1cc(F)c(F)c(NCC(F)F)c1. The first-order valence-electron chi connectivity index (χ1n) is 3.67. The molecule has 0 amide bonds. The van der Waals surface area contributed by atoms with Crippen molar-refractivity contribution in [3.05, 3.63) is 29.6 Å². The van der Waals surface area contributed by atoms with Crippen molar-refractivity contribution in [1.29, 1.82) is 0 Å². The van der Waals surface area contributed by atoms with Crippen molar-refractivity contribution in [2.75, 3.05) is 11.9 Å². The minimum absolute atomic E-state index is 0.336. The van der Waals surface area contributed by atoms with Crippen LogP contribution in [0.15, 0.2) is 12.1 Å². The zero-order valence-electron chi connectivity index (χ0n) is 6.83. The number of hydrogen-bond donors (Lipinski definition) is 1. The molecule has 1 aromatic rings. The summed E-state index contributed by atoms with van der Waals surface area (Å²) in [4.78, 5) is 0. The number of anilines is 1. The number of nitrogens with one attached hydrogen (secondary N) is 1. The van der Waals surface area contributed by atoms with E-state index in [1.165, 1.54) is 0 Å². The summed E-state index contributed by atoms with van der Waals surface area (Å²) in [5, 5.41) is 1.89. The monoisotopic (exact) mass is 211 g/mol. The zero-order chi connectivity index (χ0) is 10.7. The van der Waals surface area contributed by atoms with Crippen molar-refractivity contribution >= 4 is 5.69 Å². The third kappa shape index (κ3) is 2.58. The largest absolute Gasteiger partial charge is 0.377 e. The Balaban J connectivity index is 2.85. The third-order valence-corrected chi connectivity index (χ3v) is 1.44. The van der Waals surface area contributed by atoms with Crippen LogP contribution < -0.4 is 5.32 Å². The van der Waals surface area contributed by atoms with Crippen LogP contribution in [0.2, 0.25) is 0 Å². The van der Waals surface area contributed by atoms with Crippen LogP contribution in [0.1, 0.15) is 0 Å². The normalized spacial score (nSPS) is 10.7. The second kappa shape index (κ2) is 4.26. The third-order valence-electron chi connectivity index (χ3n) is 1.44. The summed E-state index contributed by atoms with van der Waals surface area (Å²) in [5.74, 6) is -3.81. The highest BCUT2D eigenvalue weighted by molar-refractivity contribution is 5.45. The van der Waals surface area contributed by atoms with Crippen LogP contribution in [0, 0.1) is 17.5 Å². The summed E-state index contributed by atoms with van der Waals surface area (Å²) in [5.41, 5.74) is -0.609. The number of halogens is 5. The Morgan fingerprint density at radius 3 is 2.36 bits per heavy atom. The maximum absolute atomic E-state index is 12.8. The van der Waals surface area contributed by atoms with Crippen LogP contribution in [0.5, 0.6) is 0 Å². The van der Waals surface area contributed by atoms with Gasteiger partial charge in [0, 0.05) is 12.1 Å². The van der Waals surface area contributed by atoms with E-state index in [4.69, 9.17) is 0 Å². The maximum Gasteiger partial charge on any atom is 0.255 e. The van der Waals surface area contributed by atoms with Gasteiger partial charge in [-0.3, -0.25) is 0 Å². The fraction of sp³-hybridized carbons (Fsp3) is 0.250. The molecule has 0 heterocycles. The second-order valence-electron chi connectivity index (χ2n) is 2.52. The molecule has 1 rings (SSSR count). The Morgan fingerprint density at radius 2 is 1.79 bits per heavy atom. The molecule has 0 atom stereocenters. The first-order chi connectivity index (χ1) is 6.50. The number of alkyl halides is 2. The van der Waals surface area contributed by atoms with Crippen LogP contribution in [-0.2, 0) is 0 Å². The maximum atomic E-state index is 12.8. The highest BCUT2D eigenvalue weighted by Gasteiger charge is 2.12. The fourth-order valence-corrected chi connectivity index (χ4v) is 0.872. The zero-order valence-corrected chi connectivity index (χ0v) is 6.83. The van der Waals surface area contributed by atoms with Crippen molar-refractivity contribution in [3.63, 3.8) is 0 Å². The molecule has 1 nitrogen and oxygen atoms in total. The average Bonchev–Trinajstić information content (AvgIpc) is 2.08. The lowest BCUT2D eigenvalue weighted by Crippen LogP contribution is -2.12. The van der Waals surface area contributed by atoms with Gasteiger partial charge in [-0.25, -0.2) is 22.0 Å². The van der Waals surface area contributed by atoms with Crippen molar-refractivity contribution in [3.8, 4) is 0 Å². The summed E-state index contributed by atoms with van der Waals surface area (Å²) < 4.78 is 61.2. The lowest BCUT2D eigenvalue weighted by molar-refractivity contribution is 0.163. The van der Waals surface area contributed by atoms with E-state index < -0.39 is 36.1 Å². The predicted molar refractivity (Wildman–Crippen MR) is 40.8 cm³/mol. The Labute approximate surface area is 76.5 Å². The molecule has 0 fully saturated rings. The number of benzene rings is 1. The highest BCUT2D eigenvalue weighted by Crippen LogP contribution is 2.19. The molecule has 1 aromatic carbocycles. The molecule has 78 valence electrons. The van der Waals surface area contributed by atoms with Gasteiger partial charge in [0.25, 0.3) is 6.43 Å². The molecule has 0 spiro atoms. The van der Waals surface area contributed by atoms with Crippen LogP contribution in [0.25, 0.3) is 0 Å². The van der Waals surface area contributed by atoms with Gasteiger partial charge in [-0.15, -0.1) is 0 Å². The number of hydrogen-bond acceptors (Lipinski definition) is 1. The standard InChI is InChI=1S/C8H6F5N/c9-4-1-5(10)8(13)6(2-4)14-3-7(11)12/h1-2,7,14H,3H2. The van der Waals surface area contributed by atoms with Gasteiger partial charge in [-0.2, -0.15) is 0 Å². The molecule has 0 unspecified atom stereocenters. The minimum atomic E-state index is -2.72. The molecule has 0 aliphatic rings. The Kier molecular flexibility index (Phi) is 3.27. The van der Waals surface area contributed by atoms with Crippen LogP contribution in [0.3, 0.4) is 0 Å². The van der Waals surface area contributed by atoms with Crippen LogP contribution in [-0.4, -0.2) is 13.0 Å². The molecular formula is C8H6F5N. The van der Waals surface area contributed by atoms with Crippen LogP contribution >= 0.6 is 0 Å². The van der Waals surface area contributed by atoms with Gasteiger partial charge in [0.1, 0.15) is 5.82 Å². The first kappa shape index (κ1) is 10.7. The predicted octanol–water partition coefficient (Wildman–Crippen LogP) is 2.78. The van der Waals surface area contributed by atoms with Gasteiger partial charge in [-0.05, 0) is 0 Å². The summed E-state index contributed by atoms with van der Waals surface area (Å²) >= 11 is 0. The first-order valence-corrected chi connectivity index (χ1v) is 3.67. The smallest absolute Gasteiger partial charge is 0.255 e. The summed E-state index contributed by atoms with van der Waals surface area (Å²) in [6.07, 6.45) is -2.72. The Bertz CT molecular complexity index is 326. The van der Waals surface area contributed by atoms with E-state index in [2.05, 4.69) is 0 Å². The molecular weight excluding hydrogens is 205 g/mol. The van der Waals surface area contributed by atoms with E-state index in [1.54, 1.807) is 0 Å². The van der Waals surface area contributed by atoms with Gasteiger partial charge in [0.2, 0.25) is 0 Å². The van der Waals surface area contributed by atoms with E-state index in [0.29, 0.717) is 12.1 Å². The molecule has 0 aliphatic carbocycles. The van der Waals surface area contributed by atoms with Crippen LogP contribution in [0.4, 0.5) is 27.6 Å². The summed E-state index contributed by atoms with van der Waals surface area (Å²) in [6.45, 7) is -0.861. The molecule has 14 heavy (non-hydrogen) atoms. The van der Waals surface area contributed by atoms with Crippen molar-refractivity contribution in [1.82, 2.24) is 0 Å². The lowest BCUT2D eigenvalue weighted by Gasteiger charge is -2.07. The molecule has 0 aromatic heterocycles. The van der Waals surface area contributed by atoms with Gasteiger partial charge in [-0.1, -0.05) is 0 Å². The quantitative estimate of drug-likeness (QED) is 0.598. The second-order valence-corrected chi connectivity index (χ2v) is 2.52. The fourth-order valence-electron chi connectivity index (χ4n) is 0.872. The lowest BCUT2D eigenvalue weighted by atomic mass is 10.3. The van der Waals surface area contributed by atoms with E-state index in [0.717, 1.165) is 0 Å². The van der Waals surface area contributed by atoms with Crippen molar-refractivity contribution in [2.45, 2.75) is 6.43 Å². The van der Waals surface area contributed by atoms with Crippen molar-refractivity contribution < 1.29 is 22.0 Å². The molecule has 0 radical (unpaired) electrons. The molecule has 0 bridgehead atoms. The van der Waals surface area contributed by atoms with Gasteiger partial charge in [0.05, 0.1) is 12.2 Å². The van der Waals surface area contributed by atoms with Gasteiger partial charge in [0.15, 0.2) is 11.6 Å². The Morgan fingerprint density at radius 1 is 1.14 bits per heavy atom. The van der Waals surface area contributed by atoms with Gasteiger partial charge >= 0.3 is 0 Å². The summed E-state index contributed by atoms with van der Waals surface area (Å²) in [7, 11) is 0. The molecule has 0 saturated carbocycles. The van der Waals surface area contributed by atoms with E-state index >= 15 is 0 Å². The average molecular weight is 211 g/mol. The highest BCUT2D eigenvalue weighted by atomic mass is 19.3.